The maximum absolute atomic E-state index is 11.2. The van der Waals surface area contributed by atoms with Crippen LogP contribution in [0.3, 0.4) is 0 Å². The van der Waals surface area contributed by atoms with Gasteiger partial charge in [0.1, 0.15) is 11.3 Å². The molecule has 3 nitrogen and oxygen atoms in total. The molecule has 0 atom stereocenters. The Morgan fingerprint density at radius 1 is 1.15 bits per heavy atom. The van der Waals surface area contributed by atoms with Crippen LogP contribution in [0, 0.1) is 12.3 Å². The summed E-state index contributed by atoms with van der Waals surface area (Å²) in [4.78, 5) is 11.2. The van der Waals surface area contributed by atoms with E-state index in [2.05, 4.69) is 20.8 Å². The first kappa shape index (κ1) is 19.1. The predicted octanol–water partition coefficient (Wildman–Crippen LogP) is 4.11. The van der Waals surface area contributed by atoms with Crippen molar-refractivity contribution in [1.82, 2.24) is 0 Å². The number of carboxylic acids is 1. The van der Waals surface area contributed by atoms with Crippen molar-refractivity contribution >= 4 is 5.97 Å². The van der Waals surface area contributed by atoms with E-state index < -0.39 is 5.97 Å². The average Bonchev–Trinajstić information content (AvgIpc) is 2.16. The van der Waals surface area contributed by atoms with Gasteiger partial charge in [-0.15, -0.1) is 0 Å². The fourth-order valence-corrected chi connectivity index (χ4v) is 2.88. The van der Waals surface area contributed by atoms with Gasteiger partial charge in [-0.05, 0) is 35.8 Å². The second kappa shape index (κ2) is 6.26. The standard InChI is InChI=1S/C16H24O3.Zn/c1-10-7-11(14(18)19)13(17)12(8-10)16(5,6)9-15(2,3)4;/h7-8,17H,9H2,1-6H3,(H,18,19);. The summed E-state index contributed by atoms with van der Waals surface area (Å²) in [6.07, 6.45) is 0.857. The van der Waals surface area contributed by atoms with Gasteiger partial charge >= 0.3 is 5.97 Å². The molecule has 0 aliphatic rings. The zero-order valence-corrected chi connectivity index (χ0v) is 16.3. The second-order valence-electron chi connectivity index (χ2n) is 7.14. The van der Waals surface area contributed by atoms with Crippen LogP contribution in [0.1, 0.15) is 62.5 Å². The molecule has 0 radical (unpaired) electrons. The summed E-state index contributed by atoms with van der Waals surface area (Å²) in [5.74, 6) is -1.19. The number of rotatable bonds is 3. The maximum Gasteiger partial charge on any atom is 0.339 e. The van der Waals surface area contributed by atoms with E-state index in [4.69, 9.17) is 5.11 Å². The number of carbonyl (C=O) groups is 1. The number of benzene rings is 1. The summed E-state index contributed by atoms with van der Waals surface area (Å²) in [7, 11) is 0. The average molecular weight is 330 g/mol. The molecule has 0 aliphatic heterocycles. The van der Waals surface area contributed by atoms with Gasteiger partial charge in [0.05, 0.1) is 0 Å². The van der Waals surface area contributed by atoms with Crippen molar-refractivity contribution in [3.8, 4) is 5.75 Å². The molecule has 0 saturated carbocycles. The zero-order valence-electron chi connectivity index (χ0n) is 13.4. The van der Waals surface area contributed by atoms with Crippen molar-refractivity contribution in [1.29, 1.82) is 0 Å². The van der Waals surface area contributed by atoms with E-state index >= 15 is 0 Å². The molecular weight excluding hydrogens is 306 g/mol. The van der Waals surface area contributed by atoms with Gasteiger partial charge in [-0.1, -0.05) is 40.7 Å². The van der Waals surface area contributed by atoms with Gasteiger partial charge in [0.15, 0.2) is 0 Å². The van der Waals surface area contributed by atoms with Crippen LogP contribution < -0.4 is 0 Å². The third-order valence-corrected chi connectivity index (χ3v) is 3.19. The van der Waals surface area contributed by atoms with E-state index in [1.165, 1.54) is 6.07 Å². The Bertz CT molecular complexity index is 499. The largest absolute Gasteiger partial charge is 0.507 e. The quantitative estimate of drug-likeness (QED) is 0.820. The van der Waals surface area contributed by atoms with E-state index in [9.17, 15) is 9.90 Å². The molecule has 0 unspecified atom stereocenters. The zero-order chi connectivity index (χ0) is 15.0. The van der Waals surface area contributed by atoms with E-state index in [-0.39, 0.29) is 41.6 Å². The van der Waals surface area contributed by atoms with Crippen LogP contribution >= 0.6 is 0 Å². The van der Waals surface area contributed by atoms with Gasteiger partial charge < -0.3 is 10.2 Å². The Labute approximate surface area is 134 Å². The van der Waals surface area contributed by atoms with Gasteiger partial charge in [0, 0.05) is 25.0 Å². The molecule has 0 heterocycles. The summed E-state index contributed by atoms with van der Waals surface area (Å²) in [5, 5.41) is 19.4. The molecule has 20 heavy (non-hydrogen) atoms. The number of phenols is 1. The molecule has 0 fully saturated rings. The summed E-state index contributed by atoms with van der Waals surface area (Å²) >= 11 is 0. The number of hydrogen-bond donors (Lipinski definition) is 2. The normalized spacial score (nSPS) is 11.9. The first-order chi connectivity index (χ1) is 8.44. The maximum atomic E-state index is 11.2. The number of carboxylic acid groups (broad SMARTS) is 1. The van der Waals surface area contributed by atoms with Gasteiger partial charge in [0.25, 0.3) is 0 Å². The molecule has 2 N–H and O–H groups in total. The molecule has 0 amide bonds. The summed E-state index contributed by atoms with van der Waals surface area (Å²) < 4.78 is 0. The van der Waals surface area contributed by atoms with E-state index in [0.29, 0.717) is 5.56 Å². The smallest absolute Gasteiger partial charge is 0.339 e. The predicted molar refractivity (Wildman–Crippen MR) is 76.9 cm³/mol. The molecule has 0 aliphatic carbocycles. The monoisotopic (exact) mass is 328 g/mol. The molecule has 1 aromatic rings. The SMILES string of the molecule is Cc1cc(C(=O)O)c(O)c(C(C)(C)CC(C)(C)C)c1.[Zn]. The van der Waals surface area contributed by atoms with Crippen LogP contribution in [0.2, 0.25) is 0 Å². The fourth-order valence-electron chi connectivity index (χ4n) is 2.88. The van der Waals surface area contributed by atoms with Gasteiger partial charge in [-0.2, -0.15) is 0 Å². The van der Waals surface area contributed by atoms with Crippen molar-refractivity contribution in [2.75, 3.05) is 0 Å². The second-order valence-corrected chi connectivity index (χ2v) is 7.14. The molecule has 0 spiro atoms. The third-order valence-electron chi connectivity index (χ3n) is 3.19. The van der Waals surface area contributed by atoms with Crippen molar-refractivity contribution in [3.05, 3.63) is 28.8 Å². The van der Waals surface area contributed by atoms with Crippen LogP contribution in [0.5, 0.6) is 5.75 Å². The Morgan fingerprint density at radius 3 is 2.05 bits per heavy atom. The van der Waals surface area contributed by atoms with E-state index in [0.717, 1.165) is 12.0 Å². The first-order valence-corrected chi connectivity index (χ1v) is 6.51. The Morgan fingerprint density at radius 2 is 1.65 bits per heavy atom. The van der Waals surface area contributed by atoms with Crippen LogP contribution in [0.25, 0.3) is 0 Å². The van der Waals surface area contributed by atoms with Gasteiger partial charge in [0.2, 0.25) is 0 Å². The molecule has 1 aromatic carbocycles. The first-order valence-electron chi connectivity index (χ1n) is 6.51. The van der Waals surface area contributed by atoms with Crippen LogP contribution in [-0.4, -0.2) is 16.2 Å². The Balaban J connectivity index is 0.00000361. The Hall–Kier alpha value is -0.887. The fraction of sp³-hybridized carbons (Fsp3) is 0.562. The van der Waals surface area contributed by atoms with Crippen molar-refractivity contribution in [2.24, 2.45) is 5.41 Å². The van der Waals surface area contributed by atoms with Crippen molar-refractivity contribution in [2.45, 2.75) is 53.4 Å². The Kier molecular flexibility index (Phi) is 5.98. The molecular formula is C16H24O3Zn. The van der Waals surface area contributed by atoms with E-state index in [1.807, 2.05) is 26.8 Å². The molecule has 1 rings (SSSR count). The molecule has 0 aromatic heterocycles. The number of aromatic hydroxyl groups is 1. The minimum atomic E-state index is -1.09. The van der Waals surface area contributed by atoms with Crippen molar-refractivity contribution < 1.29 is 34.5 Å². The van der Waals surface area contributed by atoms with Crippen LogP contribution in [-0.2, 0) is 24.9 Å². The summed E-state index contributed by atoms with van der Waals surface area (Å²) in [6, 6.07) is 3.39. The van der Waals surface area contributed by atoms with E-state index in [1.54, 1.807) is 0 Å². The summed E-state index contributed by atoms with van der Waals surface area (Å²) in [6.45, 7) is 12.3. The number of hydrogen-bond acceptors (Lipinski definition) is 2. The summed E-state index contributed by atoms with van der Waals surface area (Å²) in [5.41, 5.74) is 1.37. The van der Waals surface area contributed by atoms with Crippen molar-refractivity contribution in [3.63, 3.8) is 0 Å². The minimum Gasteiger partial charge on any atom is -0.507 e. The van der Waals surface area contributed by atoms with Gasteiger partial charge in [-0.25, -0.2) is 4.79 Å². The van der Waals surface area contributed by atoms with Crippen LogP contribution in [0.4, 0.5) is 0 Å². The molecule has 0 saturated heterocycles. The molecule has 108 valence electrons. The molecule has 0 bridgehead atoms. The topological polar surface area (TPSA) is 57.5 Å². The number of aromatic carboxylic acids is 1. The third kappa shape index (κ3) is 4.59. The van der Waals surface area contributed by atoms with Crippen LogP contribution in [0.15, 0.2) is 12.1 Å². The number of aryl methyl sites for hydroxylation is 1. The minimum absolute atomic E-state index is 0. The molecule has 4 heteroatoms. The van der Waals surface area contributed by atoms with Gasteiger partial charge in [-0.3, -0.25) is 0 Å².